The normalized spacial score (nSPS) is 17.3. The fraction of sp³-hybridized carbons (Fsp3) is 0.586. The first-order valence-corrected chi connectivity index (χ1v) is 13.9. The van der Waals surface area contributed by atoms with E-state index in [1.165, 1.54) is 37.7 Å². The Hall–Kier alpha value is -2.48. The zero-order valence-electron chi connectivity index (χ0n) is 21.7. The van der Waals surface area contributed by atoms with Crippen LogP contribution in [0.1, 0.15) is 68.2 Å². The van der Waals surface area contributed by atoms with E-state index in [0.717, 1.165) is 75.8 Å². The van der Waals surface area contributed by atoms with Gasteiger partial charge in [0.25, 0.3) is 0 Å². The van der Waals surface area contributed by atoms with Gasteiger partial charge in [0.2, 0.25) is 0 Å². The minimum absolute atomic E-state index is 0.0331. The van der Waals surface area contributed by atoms with Crippen LogP contribution >= 0.6 is 0 Å². The van der Waals surface area contributed by atoms with Crippen LogP contribution in [0.25, 0.3) is 0 Å². The molecule has 1 saturated heterocycles. The number of rotatable bonds is 12. The minimum Gasteiger partial charge on any atom is -0.334 e. The van der Waals surface area contributed by atoms with Crippen LogP contribution in [0, 0.1) is 0 Å². The maximum atomic E-state index is 12.6. The molecule has 0 atom stereocenters. The van der Waals surface area contributed by atoms with Gasteiger partial charge in [-0.2, -0.15) is 0 Å². The summed E-state index contributed by atoms with van der Waals surface area (Å²) in [6, 6.07) is 15.8. The summed E-state index contributed by atoms with van der Waals surface area (Å²) in [6.07, 6.45) is 11.8. The number of aromatic nitrogens is 1. The molecule has 4 rings (SSSR count). The molecular weight excluding hydrogens is 448 g/mol. The van der Waals surface area contributed by atoms with E-state index in [1.54, 1.807) is 0 Å². The third-order valence-electron chi connectivity index (χ3n) is 7.44. The summed E-state index contributed by atoms with van der Waals surface area (Å²) >= 11 is 0. The number of pyridine rings is 1. The van der Waals surface area contributed by atoms with E-state index < -0.39 is 0 Å². The first-order chi connectivity index (χ1) is 17.8. The van der Waals surface area contributed by atoms with E-state index in [9.17, 15) is 4.79 Å². The summed E-state index contributed by atoms with van der Waals surface area (Å²) < 4.78 is 0. The molecule has 7 heteroatoms. The average molecular weight is 493 g/mol. The van der Waals surface area contributed by atoms with Crippen molar-refractivity contribution in [1.29, 1.82) is 0 Å². The van der Waals surface area contributed by atoms with Crippen LogP contribution < -0.4 is 21.3 Å². The number of carbonyl (C=O) groups is 1. The number of benzene rings is 1. The Labute approximate surface area is 216 Å². The fourth-order valence-corrected chi connectivity index (χ4v) is 5.16. The standard InChI is InChI=1S/C29H44N6O/c36-29(35-19-14-27(15-20-35)33-23-28-9-4-5-17-32-28)34-22-25-12-10-24(11-13-25)21-30-16-6-18-31-26-7-2-1-3-8-26/h4-5,9-13,17,26-27,30-31,33H,1-3,6-8,14-16,18-23H2,(H,34,36). The van der Waals surface area contributed by atoms with Crippen molar-refractivity contribution >= 4 is 6.03 Å². The molecule has 2 fully saturated rings. The molecule has 196 valence electrons. The summed E-state index contributed by atoms with van der Waals surface area (Å²) in [5, 5.41) is 13.9. The van der Waals surface area contributed by atoms with E-state index in [2.05, 4.69) is 50.5 Å². The summed E-state index contributed by atoms with van der Waals surface area (Å²) in [7, 11) is 0. The highest BCUT2D eigenvalue weighted by molar-refractivity contribution is 5.74. The molecule has 0 bridgehead atoms. The van der Waals surface area contributed by atoms with Gasteiger partial charge in [-0.1, -0.05) is 49.6 Å². The van der Waals surface area contributed by atoms with Crippen molar-refractivity contribution in [2.24, 2.45) is 0 Å². The quantitative estimate of drug-likeness (QED) is 0.338. The third kappa shape index (κ3) is 9.19. The molecule has 2 heterocycles. The smallest absolute Gasteiger partial charge is 0.317 e. The molecule has 0 unspecified atom stereocenters. The summed E-state index contributed by atoms with van der Waals surface area (Å²) in [5.41, 5.74) is 3.47. The van der Waals surface area contributed by atoms with E-state index in [-0.39, 0.29) is 6.03 Å². The lowest BCUT2D eigenvalue weighted by atomic mass is 9.95. The summed E-state index contributed by atoms with van der Waals surface area (Å²) in [4.78, 5) is 18.9. The Morgan fingerprint density at radius 1 is 0.806 bits per heavy atom. The molecule has 1 aliphatic carbocycles. The number of amides is 2. The fourth-order valence-electron chi connectivity index (χ4n) is 5.16. The number of carbonyl (C=O) groups excluding carboxylic acids is 1. The molecule has 0 radical (unpaired) electrons. The number of hydrogen-bond acceptors (Lipinski definition) is 5. The Balaban J connectivity index is 1.05. The van der Waals surface area contributed by atoms with Gasteiger partial charge in [-0.25, -0.2) is 4.79 Å². The van der Waals surface area contributed by atoms with Crippen molar-refractivity contribution in [3.63, 3.8) is 0 Å². The molecule has 36 heavy (non-hydrogen) atoms. The molecular formula is C29H44N6O. The van der Waals surface area contributed by atoms with E-state index >= 15 is 0 Å². The number of nitrogens with one attached hydrogen (secondary N) is 4. The highest BCUT2D eigenvalue weighted by atomic mass is 16.2. The largest absolute Gasteiger partial charge is 0.334 e. The van der Waals surface area contributed by atoms with Gasteiger partial charge in [0.1, 0.15) is 0 Å². The molecule has 0 spiro atoms. The van der Waals surface area contributed by atoms with Gasteiger partial charge >= 0.3 is 6.03 Å². The number of urea groups is 1. The Bertz CT molecular complexity index is 876. The van der Waals surface area contributed by atoms with Gasteiger partial charge in [0, 0.05) is 51.0 Å². The summed E-state index contributed by atoms with van der Waals surface area (Å²) in [6.45, 7) is 5.94. The van der Waals surface area contributed by atoms with Crippen molar-refractivity contribution in [2.75, 3.05) is 26.2 Å². The van der Waals surface area contributed by atoms with Crippen molar-refractivity contribution in [2.45, 2.75) is 83.1 Å². The van der Waals surface area contributed by atoms with Gasteiger partial charge < -0.3 is 26.2 Å². The van der Waals surface area contributed by atoms with Crippen LogP contribution in [0.3, 0.4) is 0 Å². The topological polar surface area (TPSA) is 81.3 Å². The molecule has 1 aliphatic heterocycles. The maximum absolute atomic E-state index is 12.6. The van der Waals surface area contributed by atoms with Crippen LogP contribution in [0.15, 0.2) is 48.7 Å². The lowest BCUT2D eigenvalue weighted by molar-refractivity contribution is 0.175. The van der Waals surface area contributed by atoms with Crippen molar-refractivity contribution in [3.8, 4) is 0 Å². The van der Waals surface area contributed by atoms with Crippen LogP contribution in [-0.4, -0.2) is 54.2 Å². The SMILES string of the molecule is O=C(NCc1ccc(CNCCCNC2CCCCC2)cc1)N1CCC(NCc2ccccn2)CC1. The van der Waals surface area contributed by atoms with E-state index in [1.807, 2.05) is 29.3 Å². The van der Waals surface area contributed by atoms with Crippen molar-refractivity contribution in [1.82, 2.24) is 31.2 Å². The summed E-state index contributed by atoms with van der Waals surface area (Å²) in [5.74, 6) is 0. The molecule has 2 amide bonds. The zero-order chi connectivity index (χ0) is 24.8. The molecule has 2 aliphatic rings. The number of hydrogen-bond donors (Lipinski definition) is 4. The highest BCUT2D eigenvalue weighted by Gasteiger charge is 2.22. The number of piperidine rings is 1. The molecule has 4 N–H and O–H groups in total. The number of nitrogens with zero attached hydrogens (tertiary/aromatic N) is 2. The molecule has 2 aromatic rings. The Morgan fingerprint density at radius 2 is 1.53 bits per heavy atom. The monoisotopic (exact) mass is 492 g/mol. The van der Waals surface area contributed by atoms with Gasteiger partial charge in [0.15, 0.2) is 0 Å². The van der Waals surface area contributed by atoms with Crippen molar-refractivity contribution < 1.29 is 4.79 Å². The molecule has 1 saturated carbocycles. The first kappa shape index (κ1) is 26.6. The maximum Gasteiger partial charge on any atom is 0.317 e. The molecule has 1 aromatic heterocycles. The third-order valence-corrected chi connectivity index (χ3v) is 7.44. The van der Waals surface area contributed by atoms with E-state index in [4.69, 9.17) is 0 Å². The van der Waals surface area contributed by atoms with Gasteiger partial charge in [-0.3, -0.25) is 4.98 Å². The zero-order valence-corrected chi connectivity index (χ0v) is 21.7. The lowest BCUT2D eigenvalue weighted by Gasteiger charge is -2.32. The van der Waals surface area contributed by atoms with Gasteiger partial charge in [-0.05, 0) is 68.5 Å². The van der Waals surface area contributed by atoms with E-state index in [0.29, 0.717) is 12.6 Å². The first-order valence-electron chi connectivity index (χ1n) is 13.9. The highest BCUT2D eigenvalue weighted by Crippen LogP contribution is 2.17. The second-order valence-electron chi connectivity index (χ2n) is 10.3. The number of likely N-dealkylation sites (tertiary alicyclic amines) is 1. The minimum atomic E-state index is 0.0331. The molecule has 1 aromatic carbocycles. The van der Waals surface area contributed by atoms with Crippen molar-refractivity contribution in [3.05, 3.63) is 65.5 Å². The van der Waals surface area contributed by atoms with Crippen LogP contribution in [-0.2, 0) is 19.6 Å². The van der Waals surface area contributed by atoms with Crippen LogP contribution in [0.2, 0.25) is 0 Å². The Kier molecular flexibility index (Phi) is 11.0. The van der Waals surface area contributed by atoms with Crippen LogP contribution in [0.5, 0.6) is 0 Å². The van der Waals surface area contributed by atoms with Gasteiger partial charge in [-0.15, -0.1) is 0 Å². The molecule has 7 nitrogen and oxygen atoms in total. The lowest BCUT2D eigenvalue weighted by Crippen LogP contribution is -2.48. The predicted molar refractivity (Wildman–Crippen MR) is 146 cm³/mol. The Morgan fingerprint density at radius 3 is 2.25 bits per heavy atom. The van der Waals surface area contributed by atoms with Crippen LogP contribution in [0.4, 0.5) is 4.79 Å². The predicted octanol–water partition coefficient (Wildman–Crippen LogP) is 3.95. The van der Waals surface area contributed by atoms with Gasteiger partial charge in [0.05, 0.1) is 5.69 Å². The average Bonchev–Trinajstić information content (AvgIpc) is 2.94. The second kappa shape index (κ2) is 14.9. The second-order valence-corrected chi connectivity index (χ2v) is 10.3.